The maximum Gasteiger partial charge on any atom is 0.0498 e. The molecule has 0 bridgehead atoms. The molecule has 2 unspecified atom stereocenters. The first-order valence-corrected chi connectivity index (χ1v) is 3.09. The van der Waals surface area contributed by atoms with Gasteiger partial charge in [0.2, 0.25) is 0 Å². The van der Waals surface area contributed by atoms with Gasteiger partial charge in [0.05, 0.1) is 0 Å². The van der Waals surface area contributed by atoms with Gasteiger partial charge in [-0.05, 0) is 12.5 Å². The van der Waals surface area contributed by atoms with Crippen molar-refractivity contribution in [2.75, 3.05) is 13.1 Å². The first-order chi connectivity index (χ1) is 3.30. The van der Waals surface area contributed by atoms with Gasteiger partial charge < -0.3 is 5.32 Å². The van der Waals surface area contributed by atoms with E-state index in [1.165, 1.54) is 0 Å². The molecule has 1 nitrogen and oxygen atoms in total. The molecule has 2 atom stereocenters. The molecule has 42 valence electrons. The molecule has 1 aliphatic heterocycles. The molecule has 1 aliphatic rings. The predicted molar refractivity (Wildman–Crippen MR) is 31.7 cm³/mol. The van der Waals surface area contributed by atoms with Crippen LogP contribution < -0.4 is 5.32 Å². The lowest BCUT2D eigenvalue weighted by Crippen LogP contribution is -2.07. The molecule has 2 heteroatoms. The van der Waals surface area contributed by atoms with Gasteiger partial charge >= 0.3 is 0 Å². The Morgan fingerprint density at radius 1 is 1.57 bits per heavy atom. The first kappa shape index (κ1) is 5.39. The summed E-state index contributed by atoms with van der Waals surface area (Å²) in [6.07, 6.45) is 0. The fraction of sp³-hybridized carbons (Fsp3) is 1.00. The number of halogens is 1. The predicted octanol–water partition coefficient (Wildman–Crippen LogP) is 0.833. The average Bonchev–Trinajstić information content (AvgIpc) is 1.91. The normalized spacial score (nSPS) is 42.0. The summed E-state index contributed by atoms with van der Waals surface area (Å²) in [5.41, 5.74) is 0. The van der Waals surface area contributed by atoms with Crippen molar-refractivity contribution in [3.8, 4) is 0 Å². The van der Waals surface area contributed by atoms with Gasteiger partial charge in [0.1, 0.15) is 0 Å². The number of hydrogen-bond acceptors (Lipinski definition) is 1. The molecule has 0 aliphatic carbocycles. The van der Waals surface area contributed by atoms with Crippen LogP contribution in [0.2, 0.25) is 0 Å². The highest BCUT2D eigenvalue weighted by atomic mass is 35.5. The van der Waals surface area contributed by atoms with Gasteiger partial charge in [-0.15, -0.1) is 11.6 Å². The Bertz CT molecular complexity index is 57.1. The van der Waals surface area contributed by atoms with E-state index in [9.17, 15) is 0 Å². The van der Waals surface area contributed by atoms with Gasteiger partial charge in [0, 0.05) is 11.9 Å². The Morgan fingerprint density at radius 3 is 2.43 bits per heavy atom. The summed E-state index contributed by atoms with van der Waals surface area (Å²) in [6, 6.07) is 0. The van der Waals surface area contributed by atoms with Gasteiger partial charge in [-0.25, -0.2) is 0 Å². The molecule has 7 heavy (non-hydrogen) atoms. The van der Waals surface area contributed by atoms with Crippen LogP contribution in [0.4, 0.5) is 0 Å². The third-order valence-corrected chi connectivity index (χ3v) is 2.01. The molecule has 0 spiro atoms. The van der Waals surface area contributed by atoms with Crippen LogP contribution in [0, 0.1) is 5.92 Å². The van der Waals surface area contributed by atoms with Crippen molar-refractivity contribution in [3.05, 3.63) is 0 Å². The minimum absolute atomic E-state index is 0.375. The fourth-order valence-corrected chi connectivity index (χ4v) is 0.976. The van der Waals surface area contributed by atoms with Crippen LogP contribution in [-0.4, -0.2) is 18.5 Å². The zero-order valence-electron chi connectivity index (χ0n) is 4.45. The quantitative estimate of drug-likeness (QED) is 0.466. The summed E-state index contributed by atoms with van der Waals surface area (Å²) in [6.45, 7) is 4.24. The maximum absolute atomic E-state index is 5.80. The van der Waals surface area contributed by atoms with Crippen LogP contribution in [0.3, 0.4) is 0 Å². The highest BCUT2D eigenvalue weighted by molar-refractivity contribution is 6.21. The Labute approximate surface area is 49.0 Å². The van der Waals surface area contributed by atoms with E-state index in [0.717, 1.165) is 13.1 Å². The lowest BCUT2D eigenvalue weighted by atomic mass is 10.2. The summed E-state index contributed by atoms with van der Waals surface area (Å²) >= 11 is 5.80. The van der Waals surface area contributed by atoms with Crippen molar-refractivity contribution in [2.24, 2.45) is 5.92 Å². The third-order valence-electron chi connectivity index (χ3n) is 1.42. The van der Waals surface area contributed by atoms with Crippen LogP contribution in [0.5, 0.6) is 0 Å². The zero-order valence-corrected chi connectivity index (χ0v) is 5.20. The zero-order chi connectivity index (χ0) is 5.28. The van der Waals surface area contributed by atoms with Crippen LogP contribution in [0.25, 0.3) is 0 Å². The highest BCUT2D eigenvalue weighted by Crippen LogP contribution is 2.12. The Morgan fingerprint density at radius 2 is 2.29 bits per heavy atom. The molecule has 1 heterocycles. The van der Waals surface area contributed by atoms with E-state index < -0.39 is 0 Å². The number of hydrogen-bond donors (Lipinski definition) is 1. The van der Waals surface area contributed by atoms with Crippen molar-refractivity contribution in [1.29, 1.82) is 0 Å². The Balaban J connectivity index is 2.33. The molecule has 0 aromatic rings. The van der Waals surface area contributed by atoms with Gasteiger partial charge in [-0.3, -0.25) is 0 Å². The molecule has 0 amide bonds. The van der Waals surface area contributed by atoms with Crippen LogP contribution in [0.15, 0.2) is 0 Å². The molecule has 0 radical (unpaired) electrons. The summed E-state index contributed by atoms with van der Waals surface area (Å²) in [4.78, 5) is 0. The molecular weight excluding hydrogens is 110 g/mol. The third kappa shape index (κ3) is 1.07. The van der Waals surface area contributed by atoms with Crippen molar-refractivity contribution in [1.82, 2.24) is 5.32 Å². The van der Waals surface area contributed by atoms with Gasteiger partial charge in [0.15, 0.2) is 0 Å². The molecule has 0 aromatic heterocycles. The van der Waals surface area contributed by atoms with Crippen molar-refractivity contribution in [2.45, 2.75) is 12.3 Å². The number of nitrogens with one attached hydrogen (secondary N) is 1. The molecular formula is C5H10ClN. The Hall–Kier alpha value is 0.250. The van der Waals surface area contributed by atoms with E-state index in [1.807, 2.05) is 0 Å². The molecule has 0 saturated carbocycles. The second kappa shape index (κ2) is 2.01. The molecule has 1 fully saturated rings. The van der Waals surface area contributed by atoms with E-state index in [1.54, 1.807) is 0 Å². The summed E-state index contributed by atoms with van der Waals surface area (Å²) in [7, 11) is 0. The molecule has 0 aromatic carbocycles. The van der Waals surface area contributed by atoms with Gasteiger partial charge in [-0.1, -0.05) is 6.92 Å². The average molecular weight is 120 g/mol. The minimum Gasteiger partial charge on any atom is -0.315 e. The van der Waals surface area contributed by atoms with E-state index >= 15 is 0 Å². The monoisotopic (exact) mass is 119 g/mol. The van der Waals surface area contributed by atoms with Gasteiger partial charge in [-0.2, -0.15) is 0 Å². The lowest BCUT2D eigenvalue weighted by molar-refractivity contribution is 0.657. The number of rotatable bonds is 0. The largest absolute Gasteiger partial charge is 0.315 e. The standard InChI is InChI=1S/C5H10ClN/c1-4-2-7-3-5(4)6/h4-5,7H,2-3H2,1H3. The maximum atomic E-state index is 5.80. The van der Waals surface area contributed by atoms with Crippen LogP contribution in [0.1, 0.15) is 6.92 Å². The second-order valence-electron chi connectivity index (χ2n) is 2.15. The second-order valence-corrected chi connectivity index (χ2v) is 2.71. The van der Waals surface area contributed by atoms with E-state index in [4.69, 9.17) is 11.6 Å². The van der Waals surface area contributed by atoms with Crippen LogP contribution in [-0.2, 0) is 0 Å². The summed E-state index contributed by atoms with van der Waals surface area (Å²) in [5.74, 6) is 0.668. The number of alkyl halides is 1. The van der Waals surface area contributed by atoms with Crippen molar-refractivity contribution < 1.29 is 0 Å². The van der Waals surface area contributed by atoms with Crippen molar-refractivity contribution >= 4 is 11.6 Å². The SMILES string of the molecule is CC1CNCC1Cl. The highest BCUT2D eigenvalue weighted by Gasteiger charge is 2.19. The lowest BCUT2D eigenvalue weighted by Gasteiger charge is -2.00. The Kier molecular flexibility index (Phi) is 1.55. The minimum atomic E-state index is 0.375. The van der Waals surface area contributed by atoms with E-state index in [0.29, 0.717) is 11.3 Å². The van der Waals surface area contributed by atoms with Crippen molar-refractivity contribution in [3.63, 3.8) is 0 Å². The summed E-state index contributed by atoms with van der Waals surface area (Å²) < 4.78 is 0. The van der Waals surface area contributed by atoms with Crippen LogP contribution >= 0.6 is 11.6 Å². The topological polar surface area (TPSA) is 12.0 Å². The van der Waals surface area contributed by atoms with E-state index in [-0.39, 0.29) is 0 Å². The molecule has 1 saturated heterocycles. The smallest absolute Gasteiger partial charge is 0.0498 e. The first-order valence-electron chi connectivity index (χ1n) is 2.65. The van der Waals surface area contributed by atoms with Gasteiger partial charge in [0.25, 0.3) is 0 Å². The molecule has 1 N–H and O–H groups in total. The summed E-state index contributed by atoms with van der Waals surface area (Å²) in [5, 5.41) is 3.56. The van der Waals surface area contributed by atoms with E-state index in [2.05, 4.69) is 12.2 Å². The fourth-order valence-electron chi connectivity index (χ4n) is 0.778. The molecule has 1 rings (SSSR count).